The van der Waals surface area contributed by atoms with Crippen LogP contribution in [-0.4, -0.2) is 25.0 Å². The van der Waals surface area contributed by atoms with E-state index >= 15 is 0 Å². The molecule has 0 amide bonds. The molecule has 88 valence electrons. The van der Waals surface area contributed by atoms with Crippen molar-refractivity contribution in [3.63, 3.8) is 0 Å². The number of benzene rings is 1. The Kier molecular flexibility index (Phi) is 3.30. The van der Waals surface area contributed by atoms with Crippen LogP contribution < -0.4 is 0 Å². The molecular formula is C12H17NO2S. The number of aryl methyl sites for hydroxylation is 1. The second-order valence-electron chi connectivity index (χ2n) is 4.17. The molecule has 1 aliphatic heterocycles. The first-order valence-electron chi connectivity index (χ1n) is 5.67. The molecule has 4 heteroatoms. The molecule has 0 radical (unpaired) electrons. The standard InChI is InChI=1S/C12H17NO2S/c1-2-11-4-6-12(7-5-11)10-13-8-3-9-16(13,14)15/h4-7H,2-3,8-10H2,1H3. The van der Waals surface area contributed by atoms with Crippen molar-refractivity contribution in [3.8, 4) is 0 Å². The molecule has 1 saturated heterocycles. The molecule has 0 unspecified atom stereocenters. The van der Waals surface area contributed by atoms with Crippen molar-refractivity contribution in [2.75, 3.05) is 12.3 Å². The smallest absolute Gasteiger partial charge is 0.212 e. The van der Waals surface area contributed by atoms with E-state index in [-0.39, 0.29) is 0 Å². The summed E-state index contributed by atoms with van der Waals surface area (Å²) in [7, 11) is -2.97. The molecule has 0 bridgehead atoms. The molecule has 16 heavy (non-hydrogen) atoms. The highest BCUT2D eigenvalue weighted by atomic mass is 32.2. The minimum atomic E-state index is -2.97. The van der Waals surface area contributed by atoms with Crippen molar-refractivity contribution in [2.24, 2.45) is 0 Å². The molecule has 0 spiro atoms. The first kappa shape index (κ1) is 11.6. The van der Waals surface area contributed by atoms with Crippen molar-refractivity contribution < 1.29 is 8.42 Å². The van der Waals surface area contributed by atoms with Gasteiger partial charge in [0.25, 0.3) is 0 Å². The van der Waals surface area contributed by atoms with Gasteiger partial charge in [0.1, 0.15) is 0 Å². The summed E-state index contributed by atoms with van der Waals surface area (Å²) in [6.07, 6.45) is 1.78. The fraction of sp³-hybridized carbons (Fsp3) is 0.500. The normalized spacial score (nSPS) is 20.1. The Labute approximate surface area is 97.1 Å². The molecule has 1 aliphatic rings. The Hall–Kier alpha value is -0.870. The molecule has 0 atom stereocenters. The maximum Gasteiger partial charge on any atom is 0.214 e. The maximum absolute atomic E-state index is 11.6. The summed E-state index contributed by atoms with van der Waals surface area (Å²) in [6, 6.07) is 8.18. The summed E-state index contributed by atoms with van der Waals surface area (Å²) in [5, 5.41) is 0. The summed E-state index contributed by atoms with van der Waals surface area (Å²) < 4.78 is 24.8. The molecule has 1 aromatic carbocycles. The van der Waals surface area contributed by atoms with Gasteiger partial charge in [0.05, 0.1) is 5.75 Å². The quantitative estimate of drug-likeness (QED) is 0.806. The Morgan fingerprint density at radius 2 is 1.81 bits per heavy atom. The average molecular weight is 239 g/mol. The van der Waals surface area contributed by atoms with Crippen molar-refractivity contribution in [1.82, 2.24) is 4.31 Å². The molecular weight excluding hydrogens is 222 g/mol. The van der Waals surface area contributed by atoms with Crippen molar-refractivity contribution >= 4 is 10.0 Å². The fourth-order valence-electron chi connectivity index (χ4n) is 1.95. The van der Waals surface area contributed by atoms with E-state index in [0.29, 0.717) is 18.8 Å². The van der Waals surface area contributed by atoms with Gasteiger partial charge in [-0.15, -0.1) is 0 Å². The van der Waals surface area contributed by atoms with Crippen LogP contribution in [0.4, 0.5) is 0 Å². The molecule has 0 aromatic heterocycles. The summed E-state index contributed by atoms with van der Waals surface area (Å²) in [5.74, 6) is 0.306. The van der Waals surface area contributed by atoms with Crippen LogP contribution in [0.1, 0.15) is 24.5 Å². The van der Waals surface area contributed by atoms with Crippen LogP contribution in [0.15, 0.2) is 24.3 Å². The predicted octanol–water partition coefficient (Wildman–Crippen LogP) is 1.78. The van der Waals surface area contributed by atoms with E-state index in [1.807, 2.05) is 12.1 Å². The Balaban J connectivity index is 2.09. The third-order valence-electron chi connectivity index (χ3n) is 2.99. The van der Waals surface area contributed by atoms with E-state index in [1.54, 1.807) is 4.31 Å². The second-order valence-corrected chi connectivity index (χ2v) is 6.26. The molecule has 0 N–H and O–H groups in total. The van der Waals surface area contributed by atoms with Crippen molar-refractivity contribution in [3.05, 3.63) is 35.4 Å². The molecule has 1 aromatic rings. The Bertz CT molecular complexity index is 450. The Morgan fingerprint density at radius 3 is 2.31 bits per heavy atom. The van der Waals surface area contributed by atoms with Crippen LogP contribution in [0.5, 0.6) is 0 Å². The van der Waals surface area contributed by atoms with Gasteiger partial charge in [0.2, 0.25) is 10.0 Å². The first-order chi connectivity index (χ1) is 7.62. The Morgan fingerprint density at radius 1 is 1.19 bits per heavy atom. The third kappa shape index (κ3) is 2.44. The molecule has 3 nitrogen and oxygen atoms in total. The fourth-order valence-corrected chi connectivity index (χ4v) is 3.46. The van der Waals surface area contributed by atoms with E-state index in [0.717, 1.165) is 18.4 Å². The monoisotopic (exact) mass is 239 g/mol. The zero-order valence-corrected chi connectivity index (χ0v) is 10.3. The van der Waals surface area contributed by atoms with E-state index in [9.17, 15) is 8.42 Å². The van der Waals surface area contributed by atoms with Crippen molar-refractivity contribution in [1.29, 1.82) is 0 Å². The van der Waals surface area contributed by atoms with Gasteiger partial charge >= 0.3 is 0 Å². The van der Waals surface area contributed by atoms with Gasteiger partial charge < -0.3 is 0 Å². The van der Waals surface area contributed by atoms with E-state index in [4.69, 9.17) is 0 Å². The van der Waals surface area contributed by atoms with Gasteiger partial charge in [-0.3, -0.25) is 0 Å². The van der Waals surface area contributed by atoms with E-state index in [2.05, 4.69) is 19.1 Å². The zero-order valence-electron chi connectivity index (χ0n) is 9.52. The van der Waals surface area contributed by atoms with E-state index in [1.165, 1.54) is 5.56 Å². The molecule has 0 saturated carbocycles. The lowest BCUT2D eigenvalue weighted by Gasteiger charge is -2.14. The largest absolute Gasteiger partial charge is 0.214 e. The summed E-state index contributed by atoms with van der Waals surface area (Å²) in [5.41, 5.74) is 2.36. The number of hydrogen-bond donors (Lipinski definition) is 0. The maximum atomic E-state index is 11.6. The van der Waals surface area contributed by atoms with Gasteiger partial charge in [-0.1, -0.05) is 31.2 Å². The van der Waals surface area contributed by atoms with Crippen molar-refractivity contribution in [2.45, 2.75) is 26.3 Å². The summed E-state index contributed by atoms with van der Waals surface area (Å²) in [4.78, 5) is 0. The molecule has 1 fully saturated rings. The minimum Gasteiger partial charge on any atom is -0.212 e. The van der Waals surface area contributed by atoms with Gasteiger partial charge in [-0.05, 0) is 24.0 Å². The number of sulfonamides is 1. The zero-order chi connectivity index (χ0) is 11.6. The topological polar surface area (TPSA) is 37.4 Å². The van der Waals surface area contributed by atoms with Crippen LogP contribution in [0, 0.1) is 0 Å². The van der Waals surface area contributed by atoms with E-state index < -0.39 is 10.0 Å². The SMILES string of the molecule is CCc1ccc(CN2CCCS2(=O)=O)cc1. The summed E-state index contributed by atoms with van der Waals surface area (Å²) >= 11 is 0. The van der Waals surface area contributed by atoms with Gasteiger partial charge in [-0.2, -0.15) is 4.31 Å². The highest BCUT2D eigenvalue weighted by Gasteiger charge is 2.27. The predicted molar refractivity (Wildman–Crippen MR) is 64.6 cm³/mol. The van der Waals surface area contributed by atoms with Crippen LogP contribution in [0.3, 0.4) is 0 Å². The minimum absolute atomic E-state index is 0.306. The molecule has 2 rings (SSSR count). The first-order valence-corrected chi connectivity index (χ1v) is 7.28. The molecule has 0 aliphatic carbocycles. The van der Waals surface area contributed by atoms with Crippen LogP contribution in [0.2, 0.25) is 0 Å². The van der Waals surface area contributed by atoms with Crippen LogP contribution in [-0.2, 0) is 23.0 Å². The highest BCUT2D eigenvalue weighted by molar-refractivity contribution is 7.89. The number of hydrogen-bond acceptors (Lipinski definition) is 2. The number of nitrogens with zero attached hydrogens (tertiary/aromatic N) is 1. The van der Waals surface area contributed by atoms with Gasteiger partial charge in [0.15, 0.2) is 0 Å². The van der Waals surface area contributed by atoms with Crippen LogP contribution >= 0.6 is 0 Å². The highest BCUT2D eigenvalue weighted by Crippen LogP contribution is 2.17. The van der Waals surface area contributed by atoms with Gasteiger partial charge in [0, 0.05) is 13.1 Å². The second kappa shape index (κ2) is 4.55. The lowest BCUT2D eigenvalue weighted by atomic mass is 10.1. The lowest BCUT2D eigenvalue weighted by Crippen LogP contribution is -2.25. The number of rotatable bonds is 3. The summed E-state index contributed by atoms with van der Waals surface area (Å²) in [6.45, 7) is 3.30. The van der Waals surface area contributed by atoms with Crippen LogP contribution in [0.25, 0.3) is 0 Å². The average Bonchev–Trinajstić information content (AvgIpc) is 2.59. The molecule has 1 heterocycles. The van der Waals surface area contributed by atoms with Gasteiger partial charge in [-0.25, -0.2) is 8.42 Å². The lowest BCUT2D eigenvalue weighted by molar-refractivity contribution is 0.440. The third-order valence-corrected chi connectivity index (χ3v) is 4.90.